The van der Waals surface area contributed by atoms with Crippen LogP contribution in [0.1, 0.15) is 0 Å². The molecule has 130 valence electrons. The van der Waals surface area contributed by atoms with Gasteiger partial charge in [0.15, 0.2) is 11.7 Å². The monoisotopic (exact) mass is 378 g/mol. The first-order valence-electron chi connectivity index (χ1n) is 7.30. The molecule has 0 aliphatic rings. The molecule has 0 fully saturated rings. The van der Waals surface area contributed by atoms with E-state index in [9.17, 15) is 4.79 Å². The second kappa shape index (κ2) is 7.58. The van der Waals surface area contributed by atoms with Crippen LogP contribution in [0.15, 0.2) is 36.4 Å². The van der Waals surface area contributed by atoms with Gasteiger partial charge in [-0.1, -0.05) is 29.0 Å². The third-order valence-corrected chi connectivity index (χ3v) is 4.77. The lowest BCUT2D eigenvalue weighted by atomic mass is 10.3. The molecule has 25 heavy (non-hydrogen) atoms. The number of fused-ring (bicyclic) bond motifs is 1. The number of benzene rings is 2. The molecule has 0 aliphatic heterocycles. The molecular formula is C17H15ClN2O4S. The van der Waals surface area contributed by atoms with Crippen molar-refractivity contribution in [2.75, 3.05) is 26.1 Å². The van der Waals surface area contributed by atoms with Gasteiger partial charge in [-0.05, 0) is 24.3 Å². The lowest BCUT2D eigenvalue weighted by molar-refractivity contribution is -0.118. The van der Waals surface area contributed by atoms with Crippen LogP contribution in [-0.2, 0) is 4.79 Å². The van der Waals surface area contributed by atoms with E-state index in [-0.39, 0.29) is 12.5 Å². The summed E-state index contributed by atoms with van der Waals surface area (Å²) in [6.07, 6.45) is 0. The number of anilines is 1. The SMILES string of the molecule is COc1cccc(OCC(=O)Nc2nc3c(OC)ccc(Cl)c3s2)c1. The number of ether oxygens (including phenoxy) is 3. The Balaban J connectivity index is 1.68. The Kier molecular flexibility index (Phi) is 5.25. The quantitative estimate of drug-likeness (QED) is 0.702. The Hall–Kier alpha value is -2.51. The maximum atomic E-state index is 12.1. The third kappa shape index (κ3) is 3.94. The summed E-state index contributed by atoms with van der Waals surface area (Å²) in [6.45, 7) is -0.145. The molecule has 0 saturated carbocycles. The number of carbonyl (C=O) groups excluding carboxylic acids is 1. The number of hydrogen-bond acceptors (Lipinski definition) is 6. The molecule has 3 rings (SSSR count). The van der Waals surface area contributed by atoms with E-state index in [0.717, 1.165) is 4.70 Å². The summed E-state index contributed by atoms with van der Waals surface area (Å²) in [5.41, 5.74) is 0.615. The lowest BCUT2D eigenvalue weighted by Gasteiger charge is -2.07. The number of methoxy groups -OCH3 is 2. The zero-order valence-electron chi connectivity index (χ0n) is 13.5. The molecule has 0 saturated heterocycles. The van der Waals surface area contributed by atoms with Crippen LogP contribution in [0.2, 0.25) is 5.02 Å². The topological polar surface area (TPSA) is 69.7 Å². The third-order valence-electron chi connectivity index (χ3n) is 3.34. The molecule has 2 aromatic carbocycles. The van der Waals surface area contributed by atoms with Crippen molar-refractivity contribution in [1.29, 1.82) is 0 Å². The van der Waals surface area contributed by atoms with Gasteiger partial charge in [-0.2, -0.15) is 0 Å². The highest BCUT2D eigenvalue weighted by Gasteiger charge is 2.14. The molecule has 0 atom stereocenters. The van der Waals surface area contributed by atoms with E-state index in [1.165, 1.54) is 11.3 Å². The molecular weight excluding hydrogens is 364 g/mol. The van der Waals surface area contributed by atoms with Crippen LogP contribution in [0.25, 0.3) is 10.2 Å². The Morgan fingerprint density at radius 3 is 2.76 bits per heavy atom. The summed E-state index contributed by atoms with van der Waals surface area (Å²) in [6, 6.07) is 10.5. The fourth-order valence-corrected chi connectivity index (χ4v) is 3.34. The van der Waals surface area contributed by atoms with E-state index >= 15 is 0 Å². The summed E-state index contributed by atoms with van der Waals surface area (Å²) < 4.78 is 16.6. The van der Waals surface area contributed by atoms with Crippen molar-refractivity contribution in [3.63, 3.8) is 0 Å². The second-order valence-corrected chi connectivity index (χ2v) is 6.37. The molecule has 0 aliphatic carbocycles. The Morgan fingerprint density at radius 1 is 1.20 bits per heavy atom. The predicted molar refractivity (Wildman–Crippen MR) is 98.3 cm³/mol. The molecule has 0 spiro atoms. The molecule has 0 radical (unpaired) electrons. The Morgan fingerprint density at radius 2 is 2.00 bits per heavy atom. The maximum absolute atomic E-state index is 12.1. The molecule has 6 nitrogen and oxygen atoms in total. The van der Waals surface area contributed by atoms with Gasteiger partial charge in [0.25, 0.3) is 5.91 Å². The van der Waals surface area contributed by atoms with Gasteiger partial charge < -0.3 is 14.2 Å². The van der Waals surface area contributed by atoms with Crippen molar-refractivity contribution in [3.8, 4) is 17.2 Å². The number of nitrogens with one attached hydrogen (secondary N) is 1. The first-order chi connectivity index (χ1) is 12.1. The fourth-order valence-electron chi connectivity index (χ4n) is 2.17. The number of amides is 1. The summed E-state index contributed by atoms with van der Waals surface area (Å²) in [4.78, 5) is 16.5. The average Bonchev–Trinajstić information content (AvgIpc) is 3.05. The number of halogens is 1. The minimum absolute atomic E-state index is 0.145. The summed E-state index contributed by atoms with van der Waals surface area (Å²) >= 11 is 7.45. The molecule has 3 aromatic rings. The molecule has 1 N–H and O–H groups in total. The Labute approximate surface area is 153 Å². The standard InChI is InChI=1S/C17H15ClN2O4S/c1-22-10-4-3-5-11(8-10)24-9-14(21)19-17-20-15-13(23-2)7-6-12(18)16(15)25-17/h3-8H,9H2,1-2H3,(H,19,20,21). The minimum Gasteiger partial charge on any atom is -0.497 e. The molecule has 1 heterocycles. The number of hydrogen-bond donors (Lipinski definition) is 1. The second-order valence-electron chi connectivity index (χ2n) is 4.96. The van der Waals surface area contributed by atoms with E-state index < -0.39 is 0 Å². The van der Waals surface area contributed by atoms with Crippen LogP contribution in [0.4, 0.5) is 5.13 Å². The van der Waals surface area contributed by atoms with Crippen LogP contribution in [0, 0.1) is 0 Å². The van der Waals surface area contributed by atoms with Crippen LogP contribution in [-0.4, -0.2) is 31.7 Å². The normalized spacial score (nSPS) is 10.5. The number of rotatable bonds is 6. The van der Waals surface area contributed by atoms with Gasteiger partial charge >= 0.3 is 0 Å². The van der Waals surface area contributed by atoms with Gasteiger partial charge in [0.05, 0.1) is 23.9 Å². The predicted octanol–water partition coefficient (Wildman–Crippen LogP) is 3.98. The van der Waals surface area contributed by atoms with Crippen LogP contribution in [0.3, 0.4) is 0 Å². The van der Waals surface area contributed by atoms with Crippen molar-refractivity contribution < 1.29 is 19.0 Å². The summed E-state index contributed by atoms with van der Waals surface area (Å²) in [5.74, 6) is 1.48. The molecule has 0 unspecified atom stereocenters. The first-order valence-corrected chi connectivity index (χ1v) is 8.50. The highest BCUT2D eigenvalue weighted by Crippen LogP contribution is 2.37. The van der Waals surface area contributed by atoms with Crippen LogP contribution in [0.5, 0.6) is 17.2 Å². The van der Waals surface area contributed by atoms with Crippen LogP contribution < -0.4 is 19.5 Å². The van der Waals surface area contributed by atoms with E-state index in [2.05, 4.69) is 10.3 Å². The zero-order valence-corrected chi connectivity index (χ0v) is 15.1. The number of aromatic nitrogens is 1. The molecule has 1 aromatic heterocycles. The van der Waals surface area contributed by atoms with Gasteiger partial charge in [-0.3, -0.25) is 10.1 Å². The first kappa shape index (κ1) is 17.3. The minimum atomic E-state index is -0.322. The highest BCUT2D eigenvalue weighted by molar-refractivity contribution is 7.23. The Bertz CT molecular complexity index is 913. The van der Waals surface area contributed by atoms with Gasteiger partial charge in [-0.25, -0.2) is 4.98 Å². The zero-order chi connectivity index (χ0) is 17.8. The van der Waals surface area contributed by atoms with Crippen molar-refractivity contribution in [2.24, 2.45) is 0 Å². The number of nitrogens with zero attached hydrogens (tertiary/aromatic N) is 1. The van der Waals surface area contributed by atoms with E-state index in [0.29, 0.717) is 32.9 Å². The van der Waals surface area contributed by atoms with Crippen molar-refractivity contribution in [3.05, 3.63) is 41.4 Å². The number of thiazole rings is 1. The van der Waals surface area contributed by atoms with Crippen molar-refractivity contribution in [2.45, 2.75) is 0 Å². The average molecular weight is 379 g/mol. The molecule has 8 heteroatoms. The van der Waals surface area contributed by atoms with E-state index in [1.54, 1.807) is 50.6 Å². The highest BCUT2D eigenvalue weighted by atomic mass is 35.5. The maximum Gasteiger partial charge on any atom is 0.264 e. The largest absolute Gasteiger partial charge is 0.497 e. The van der Waals surface area contributed by atoms with E-state index in [1.807, 2.05) is 0 Å². The fraction of sp³-hybridized carbons (Fsp3) is 0.176. The van der Waals surface area contributed by atoms with E-state index in [4.69, 9.17) is 25.8 Å². The van der Waals surface area contributed by atoms with Crippen molar-refractivity contribution in [1.82, 2.24) is 4.98 Å². The summed E-state index contributed by atoms with van der Waals surface area (Å²) in [7, 11) is 3.13. The van der Waals surface area contributed by atoms with Crippen LogP contribution >= 0.6 is 22.9 Å². The van der Waals surface area contributed by atoms with Gasteiger partial charge in [0.1, 0.15) is 22.8 Å². The van der Waals surface area contributed by atoms with Gasteiger partial charge in [0, 0.05) is 6.07 Å². The van der Waals surface area contributed by atoms with Gasteiger partial charge in [0.2, 0.25) is 0 Å². The van der Waals surface area contributed by atoms with Gasteiger partial charge in [-0.15, -0.1) is 0 Å². The molecule has 0 bridgehead atoms. The lowest BCUT2D eigenvalue weighted by Crippen LogP contribution is -2.20. The summed E-state index contributed by atoms with van der Waals surface area (Å²) in [5, 5.41) is 3.69. The number of carbonyl (C=O) groups is 1. The molecule has 1 amide bonds. The smallest absolute Gasteiger partial charge is 0.264 e. The van der Waals surface area contributed by atoms with Crippen molar-refractivity contribution >= 4 is 44.2 Å².